The Hall–Kier alpha value is -2.92. The zero-order valence-corrected chi connectivity index (χ0v) is 23.1. The molecule has 1 amide bonds. The van der Waals surface area contributed by atoms with E-state index in [4.69, 9.17) is 17.3 Å². The first-order chi connectivity index (χ1) is 18.2. The van der Waals surface area contributed by atoms with Gasteiger partial charge in [-0.05, 0) is 76.7 Å². The predicted octanol–water partition coefficient (Wildman–Crippen LogP) is 2.15. The topological polar surface area (TPSA) is 165 Å². The summed E-state index contributed by atoms with van der Waals surface area (Å²) in [6.45, 7) is 4.79. The summed E-state index contributed by atoms with van der Waals surface area (Å²) in [5, 5.41) is 45.3. The van der Waals surface area contributed by atoms with E-state index in [9.17, 15) is 34.8 Å². The van der Waals surface area contributed by atoms with E-state index in [-0.39, 0.29) is 29.7 Å². The lowest BCUT2D eigenvalue weighted by molar-refractivity contribution is -0.148. The molecular weight excluding hydrogens is 526 g/mol. The third-order valence-corrected chi connectivity index (χ3v) is 9.69. The van der Waals surface area contributed by atoms with Crippen LogP contribution in [0.2, 0.25) is 5.02 Å². The molecule has 10 nitrogen and oxygen atoms in total. The SMILES string of the molecule is C[C@H]1CC[C@H](C)N1Cc1cc(O)c2c(c1Cl)C[C@H]1C[C@H]3[C@H](N(C)C)C(O)=C(C(N)=O)C(=O)[C@@]3(O)C(O)=C1C2=O. The number of ketones is 2. The predicted molar refractivity (Wildman–Crippen MR) is 142 cm³/mol. The zero-order chi connectivity index (χ0) is 28.7. The van der Waals surface area contributed by atoms with Gasteiger partial charge >= 0.3 is 0 Å². The highest BCUT2D eigenvalue weighted by atomic mass is 35.5. The average molecular weight is 560 g/mol. The van der Waals surface area contributed by atoms with E-state index in [1.165, 1.54) is 11.0 Å². The van der Waals surface area contributed by atoms with E-state index in [0.29, 0.717) is 34.8 Å². The Morgan fingerprint density at radius 1 is 1.18 bits per heavy atom. The first kappa shape index (κ1) is 27.6. The number of halogens is 1. The lowest BCUT2D eigenvalue weighted by Gasteiger charge is -2.50. The molecule has 1 heterocycles. The zero-order valence-electron chi connectivity index (χ0n) is 22.4. The van der Waals surface area contributed by atoms with E-state index in [1.807, 2.05) is 0 Å². The maximum Gasteiger partial charge on any atom is 0.255 e. The molecule has 0 radical (unpaired) electrons. The number of hydrogen-bond donors (Lipinski definition) is 5. The van der Waals surface area contributed by atoms with E-state index >= 15 is 0 Å². The summed E-state index contributed by atoms with van der Waals surface area (Å²) >= 11 is 6.87. The van der Waals surface area contributed by atoms with Crippen LogP contribution in [0.4, 0.5) is 0 Å². The number of amides is 1. The number of primary amides is 1. The number of aliphatic hydroxyl groups is 3. The number of hydrogen-bond acceptors (Lipinski definition) is 9. The van der Waals surface area contributed by atoms with E-state index < -0.39 is 58.0 Å². The standard InChI is InChI=1S/C28H34ClN3O7/c1-11-5-6-12(2)32(11)10-14-9-17(33)19-15(21(14)29)7-13-8-16-22(31(3)4)24(35)20(27(30)38)26(37)28(16,39)25(36)18(13)23(19)34/h9,11-13,16,22,33,35-36,39H,5-8,10H2,1-4H3,(H2,30,38)/t11-,12-,13-,16-,22-,28-/m0/s1. The van der Waals surface area contributed by atoms with Crippen molar-refractivity contribution in [1.82, 2.24) is 9.80 Å². The molecule has 5 rings (SSSR count). The van der Waals surface area contributed by atoms with Crippen LogP contribution in [0.25, 0.3) is 0 Å². The van der Waals surface area contributed by atoms with Crippen molar-refractivity contribution < 1.29 is 34.8 Å². The fourth-order valence-corrected chi connectivity index (χ4v) is 7.51. The van der Waals surface area contributed by atoms with Gasteiger partial charge in [0.25, 0.3) is 5.91 Å². The van der Waals surface area contributed by atoms with E-state index in [1.54, 1.807) is 14.1 Å². The minimum atomic E-state index is -2.66. The maximum atomic E-state index is 13.8. The van der Waals surface area contributed by atoms with Crippen LogP contribution in [0.3, 0.4) is 0 Å². The Morgan fingerprint density at radius 3 is 2.36 bits per heavy atom. The van der Waals surface area contributed by atoms with Crippen LogP contribution in [0.5, 0.6) is 5.75 Å². The highest BCUT2D eigenvalue weighted by Crippen LogP contribution is 2.53. The highest BCUT2D eigenvalue weighted by Gasteiger charge is 2.63. The molecule has 1 saturated heterocycles. The minimum absolute atomic E-state index is 0.0211. The maximum absolute atomic E-state index is 13.8. The molecule has 0 spiro atoms. The third-order valence-electron chi connectivity index (χ3n) is 9.22. The number of phenols is 1. The number of phenolic OH excluding ortho intramolecular Hbond substituents is 1. The van der Waals surface area contributed by atoms with Gasteiger partial charge in [0.2, 0.25) is 5.78 Å². The molecule has 3 aliphatic carbocycles. The van der Waals surface area contributed by atoms with Gasteiger partial charge in [-0.15, -0.1) is 0 Å². The second kappa shape index (κ2) is 9.33. The number of rotatable bonds is 4. The van der Waals surface area contributed by atoms with Gasteiger partial charge in [-0.2, -0.15) is 0 Å². The Labute approximate surface area is 231 Å². The lowest BCUT2D eigenvalue weighted by atomic mass is 9.58. The van der Waals surface area contributed by atoms with Gasteiger partial charge in [0.1, 0.15) is 22.8 Å². The molecule has 1 aromatic carbocycles. The largest absolute Gasteiger partial charge is 0.510 e. The highest BCUT2D eigenvalue weighted by molar-refractivity contribution is 6.33. The summed E-state index contributed by atoms with van der Waals surface area (Å²) in [6, 6.07) is 1.12. The first-order valence-corrected chi connectivity index (χ1v) is 13.5. The van der Waals surface area contributed by atoms with Crippen LogP contribution in [0, 0.1) is 11.8 Å². The summed E-state index contributed by atoms with van der Waals surface area (Å²) in [7, 11) is 3.18. The quantitative estimate of drug-likeness (QED) is 0.347. The molecule has 1 aliphatic heterocycles. The molecule has 6 atom stereocenters. The van der Waals surface area contributed by atoms with Crippen molar-refractivity contribution in [3.8, 4) is 5.75 Å². The summed E-state index contributed by atoms with van der Waals surface area (Å²) in [5.41, 5.74) is 2.74. The van der Waals surface area contributed by atoms with Crippen molar-refractivity contribution in [3.63, 3.8) is 0 Å². The second-order valence-corrected chi connectivity index (χ2v) is 12.0. The third kappa shape index (κ3) is 3.83. The van der Waals surface area contributed by atoms with Crippen LogP contribution < -0.4 is 5.73 Å². The average Bonchev–Trinajstić information content (AvgIpc) is 3.16. The number of Topliss-reactive ketones (excluding diaryl/α,β-unsaturated/α-hetero) is 2. The summed E-state index contributed by atoms with van der Waals surface area (Å²) in [6.07, 6.45) is 2.30. The van der Waals surface area contributed by atoms with Crippen LogP contribution in [-0.2, 0) is 22.6 Å². The lowest BCUT2D eigenvalue weighted by Crippen LogP contribution is -2.63. The van der Waals surface area contributed by atoms with Crippen LogP contribution in [-0.4, -0.2) is 85.5 Å². The molecule has 4 aliphatic rings. The molecule has 11 heteroatoms. The summed E-state index contributed by atoms with van der Waals surface area (Å²) in [5.74, 6) is -6.77. The molecule has 1 aromatic rings. The first-order valence-electron chi connectivity index (χ1n) is 13.1. The summed E-state index contributed by atoms with van der Waals surface area (Å²) < 4.78 is 0. The van der Waals surface area contributed by atoms with Crippen LogP contribution >= 0.6 is 11.6 Å². The van der Waals surface area contributed by atoms with Gasteiger partial charge in [0.15, 0.2) is 11.4 Å². The van der Waals surface area contributed by atoms with Gasteiger partial charge in [0.05, 0.1) is 11.6 Å². The number of likely N-dealkylation sites (N-methyl/N-ethyl adjacent to an activating group) is 1. The molecule has 6 N–H and O–H groups in total. The summed E-state index contributed by atoms with van der Waals surface area (Å²) in [4.78, 5) is 43.1. The molecule has 1 fully saturated rings. The smallest absolute Gasteiger partial charge is 0.255 e. The van der Waals surface area contributed by atoms with Crippen molar-refractivity contribution >= 4 is 29.1 Å². The number of nitrogens with two attached hydrogens (primary N) is 1. The number of carbonyl (C=O) groups excluding carboxylic acids is 3. The van der Waals surface area contributed by atoms with Crippen molar-refractivity contribution in [3.05, 3.63) is 50.4 Å². The number of allylic oxidation sites excluding steroid dienone is 1. The molecular formula is C28H34ClN3O7. The van der Waals surface area contributed by atoms with Crippen molar-refractivity contribution in [1.29, 1.82) is 0 Å². The number of likely N-dealkylation sites (tertiary alicyclic amines) is 1. The number of nitrogens with zero attached hydrogens (tertiary/aromatic N) is 2. The second-order valence-electron chi connectivity index (χ2n) is 11.6. The Balaban J connectivity index is 1.63. The van der Waals surface area contributed by atoms with E-state index in [2.05, 4.69) is 18.7 Å². The Bertz CT molecular complexity index is 1360. The number of carbonyl (C=O) groups is 3. The number of benzene rings is 1. The fourth-order valence-electron chi connectivity index (χ4n) is 7.23. The molecule has 39 heavy (non-hydrogen) atoms. The van der Waals surface area contributed by atoms with Gasteiger partial charge in [-0.1, -0.05) is 11.6 Å². The van der Waals surface area contributed by atoms with Crippen molar-refractivity contribution in [2.45, 2.75) is 69.8 Å². The molecule has 0 bridgehead atoms. The molecule has 210 valence electrons. The normalized spacial score (nSPS) is 32.9. The van der Waals surface area contributed by atoms with Crippen molar-refractivity contribution in [2.24, 2.45) is 17.6 Å². The van der Waals surface area contributed by atoms with Crippen LogP contribution in [0.1, 0.15) is 54.6 Å². The van der Waals surface area contributed by atoms with Crippen LogP contribution in [0.15, 0.2) is 28.7 Å². The van der Waals surface area contributed by atoms with Crippen molar-refractivity contribution in [2.75, 3.05) is 14.1 Å². The molecule has 0 unspecified atom stereocenters. The molecule has 0 aromatic heterocycles. The van der Waals surface area contributed by atoms with Gasteiger partial charge in [-0.3, -0.25) is 24.2 Å². The van der Waals surface area contributed by atoms with Gasteiger partial charge < -0.3 is 26.2 Å². The Morgan fingerprint density at radius 2 is 1.79 bits per heavy atom. The number of fused-ring (bicyclic) bond motifs is 3. The Kier molecular flexibility index (Phi) is 6.61. The monoisotopic (exact) mass is 559 g/mol. The van der Waals surface area contributed by atoms with Gasteiger partial charge in [-0.25, -0.2) is 0 Å². The number of aromatic hydroxyl groups is 1. The van der Waals surface area contributed by atoms with Gasteiger partial charge in [0, 0.05) is 35.1 Å². The minimum Gasteiger partial charge on any atom is -0.510 e. The molecule has 0 saturated carbocycles. The fraction of sp³-hybridized carbons (Fsp3) is 0.536. The number of aliphatic hydroxyl groups excluding tert-OH is 2. The van der Waals surface area contributed by atoms with E-state index in [0.717, 1.165) is 12.8 Å².